The summed E-state index contributed by atoms with van der Waals surface area (Å²) < 4.78 is 32.7. The highest BCUT2D eigenvalue weighted by molar-refractivity contribution is 9.11. The van der Waals surface area contributed by atoms with Crippen molar-refractivity contribution in [3.63, 3.8) is 0 Å². The predicted octanol–water partition coefficient (Wildman–Crippen LogP) is 2.13. The molecule has 0 saturated carbocycles. The quantitative estimate of drug-likeness (QED) is 0.628. The van der Waals surface area contributed by atoms with E-state index >= 15 is 0 Å². The predicted molar refractivity (Wildman–Crippen MR) is 108 cm³/mol. The average Bonchev–Trinajstić information content (AvgIpc) is 3.35. The molecule has 1 aliphatic heterocycles. The van der Waals surface area contributed by atoms with Gasteiger partial charge in [-0.25, -0.2) is 8.42 Å². The molecule has 1 aromatic carbocycles. The number of rotatable bonds is 5. The molecule has 1 saturated heterocycles. The minimum Gasteiger partial charge on any atom is -0.497 e. The fourth-order valence-corrected chi connectivity index (χ4v) is 6.65. The molecule has 1 aliphatic rings. The van der Waals surface area contributed by atoms with Crippen molar-refractivity contribution < 1.29 is 22.7 Å². The number of hydrogen-bond acceptors (Lipinski definition) is 6. The molecule has 3 rings (SSSR count). The monoisotopic (exact) mass is 487 g/mol. The van der Waals surface area contributed by atoms with Crippen LogP contribution in [0.25, 0.3) is 0 Å². The fourth-order valence-electron chi connectivity index (χ4n) is 2.86. The number of carbonyl (C=O) groups is 2. The summed E-state index contributed by atoms with van der Waals surface area (Å²) in [6.07, 6.45) is 0.951. The SMILES string of the molecule is COc1ccc(C(=O)NNC(=O)C2CCCN2S(=O)(=O)c2ccc(Br)s2)cc1. The van der Waals surface area contributed by atoms with Gasteiger partial charge in [0.15, 0.2) is 0 Å². The van der Waals surface area contributed by atoms with E-state index in [4.69, 9.17) is 4.74 Å². The standard InChI is InChI=1S/C17H18BrN3O5S2/c1-26-12-6-4-11(5-7-12)16(22)19-20-17(23)13-3-2-10-21(13)28(24,25)15-9-8-14(18)27-15/h4-9,13H,2-3,10H2,1H3,(H,19,22)(H,20,23). The van der Waals surface area contributed by atoms with Crippen molar-refractivity contribution in [3.8, 4) is 5.75 Å². The number of hydrogen-bond donors (Lipinski definition) is 2. The molecule has 2 amide bonds. The van der Waals surface area contributed by atoms with Crippen LogP contribution in [0.3, 0.4) is 0 Å². The number of thiophene rings is 1. The Kier molecular flexibility index (Phi) is 6.38. The Morgan fingerprint density at radius 1 is 1.18 bits per heavy atom. The van der Waals surface area contributed by atoms with Crippen LogP contribution in [0.15, 0.2) is 44.4 Å². The summed E-state index contributed by atoms with van der Waals surface area (Å²) in [5, 5.41) is 0. The Labute approximate surface area is 175 Å². The van der Waals surface area contributed by atoms with Crippen LogP contribution < -0.4 is 15.6 Å². The second-order valence-electron chi connectivity index (χ2n) is 6.00. The Morgan fingerprint density at radius 2 is 1.89 bits per heavy atom. The molecule has 11 heteroatoms. The molecule has 0 radical (unpaired) electrons. The van der Waals surface area contributed by atoms with Gasteiger partial charge in [0, 0.05) is 12.1 Å². The smallest absolute Gasteiger partial charge is 0.269 e. The lowest BCUT2D eigenvalue weighted by molar-refractivity contribution is -0.125. The Morgan fingerprint density at radius 3 is 2.50 bits per heavy atom. The molecule has 1 atom stereocenters. The summed E-state index contributed by atoms with van der Waals surface area (Å²) in [5.41, 5.74) is 4.99. The zero-order valence-corrected chi connectivity index (χ0v) is 18.1. The Hall–Kier alpha value is -1.95. The number of nitrogens with one attached hydrogen (secondary N) is 2. The molecule has 2 heterocycles. The number of nitrogens with zero attached hydrogens (tertiary/aromatic N) is 1. The van der Waals surface area contributed by atoms with Crippen LogP contribution in [-0.2, 0) is 14.8 Å². The van der Waals surface area contributed by atoms with Gasteiger partial charge in [-0.1, -0.05) is 0 Å². The van der Waals surface area contributed by atoms with Gasteiger partial charge in [0.25, 0.3) is 21.8 Å². The minimum absolute atomic E-state index is 0.168. The molecule has 28 heavy (non-hydrogen) atoms. The maximum atomic E-state index is 12.8. The van der Waals surface area contributed by atoms with Crippen molar-refractivity contribution >= 4 is 49.1 Å². The van der Waals surface area contributed by atoms with Crippen LogP contribution >= 0.6 is 27.3 Å². The summed E-state index contributed by atoms with van der Waals surface area (Å²) in [4.78, 5) is 24.7. The molecular weight excluding hydrogens is 470 g/mol. The lowest BCUT2D eigenvalue weighted by atomic mass is 10.2. The van der Waals surface area contributed by atoms with Gasteiger partial charge >= 0.3 is 0 Å². The molecule has 2 aromatic rings. The first kappa shape index (κ1) is 20.8. The van der Waals surface area contributed by atoms with Gasteiger partial charge in [-0.15, -0.1) is 11.3 Å². The Bertz CT molecular complexity index is 975. The highest BCUT2D eigenvalue weighted by Gasteiger charge is 2.40. The molecule has 0 spiro atoms. The van der Waals surface area contributed by atoms with E-state index < -0.39 is 27.9 Å². The van der Waals surface area contributed by atoms with E-state index in [0.29, 0.717) is 27.9 Å². The van der Waals surface area contributed by atoms with Crippen molar-refractivity contribution in [3.05, 3.63) is 45.7 Å². The molecule has 1 aromatic heterocycles. The summed E-state index contributed by atoms with van der Waals surface area (Å²) in [6.45, 7) is 0.252. The largest absolute Gasteiger partial charge is 0.497 e. The van der Waals surface area contributed by atoms with Crippen molar-refractivity contribution in [1.29, 1.82) is 0 Å². The van der Waals surface area contributed by atoms with Crippen molar-refractivity contribution in [2.75, 3.05) is 13.7 Å². The van der Waals surface area contributed by atoms with E-state index in [1.54, 1.807) is 30.3 Å². The highest BCUT2D eigenvalue weighted by Crippen LogP contribution is 2.32. The van der Waals surface area contributed by atoms with Crippen LogP contribution in [0, 0.1) is 0 Å². The minimum atomic E-state index is -3.78. The van der Waals surface area contributed by atoms with Gasteiger partial charge in [-0.3, -0.25) is 20.4 Å². The zero-order valence-electron chi connectivity index (χ0n) is 14.8. The summed E-state index contributed by atoms with van der Waals surface area (Å²) >= 11 is 4.34. The molecule has 150 valence electrons. The second-order valence-corrected chi connectivity index (χ2v) is 10.6. The number of benzene rings is 1. The van der Waals surface area contributed by atoms with Gasteiger partial charge in [0.1, 0.15) is 16.0 Å². The van der Waals surface area contributed by atoms with Crippen molar-refractivity contribution in [2.24, 2.45) is 0 Å². The van der Waals surface area contributed by atoms with Gasteiger partial charge < -0.3 is 4.74 Å². The molecule has 0 aliphatic carbocycles. The number of halogens is 1. The van der Waals surface area contributed by atoms with Crippen molar-refractivity contribution in [2.45, 2.75) is 23.1 Å². The number of methoxy groups -OCH3 is 1. The normalized spacial score (nSPS) is 17.3. The average molecular weight is 488 g/mol. The number of amides is 2. The molecule has 0 bridgehead atoms. The van der Waals surface area contributed by atoms with Gasteiger partial charge in [-0.05, 0) is 65.2 Å². The van der Waals surface area contributed by atoms with Crippen LogP contribution in [0.4, 0.5) is 0 Å². The lowest BCUT2D eigenvalue weighted by Gasteiger charge is -2.22. The first-order valence-electron chi connectivity index (χ1n) is 8.34. The number of ether oxygens (including phenoxy) is 1. The van der Waals surface area contributed by atoms with Gasteiger partial charge in [-0.2, -0.15) is 4.31 Å². The van der Waals surface area contributed by atoms with Crippen LogP contribution in [0.1, 0.15) is 23.2 Å². The van der Waals surface area contributed by atoms with Crippen LogP contribution in [-0.4, -0.2) is 44.2 Å². The van der Waals surface area contributed by atoms with E-state index in [0.717, 1.165) is 11.3 Å². The zero-order chi connectivity index (χ0) is 20.3. The van der Waals surface area contributed by atoms with E-state index in [9.17, 15) is 18.0 Å². The van der Waals surface area contributed by atoms with E-state index in [1.165, 1.54) is 17.5 Å². The number of carbonyl (C=O) groups excluding carboxylic acids is 2. The third-order valence-electron chi connectivity index (χ3n) is 4.27. The molecule has 2 N–H and O–H groups in total. The highest BCUT2D eigenvalue weighted by atomic mass is 79.9. The first-order valence-corrected chi connectivity index (χ1v) is 11.4. The molecule has 8 nitrogen and oxygen atoms in total. The fraction of sp³-hybridized carbons (Fsp3) is 0.294. The topological polar surface area (TPSA) is 105 Å². The Balaban J connectivity index is 1.65. The number of hydrazine groups is 1. The van der Waals surface area contributed by atoms with Crippen LogP contribution in [0.5, 0.6) is 5.75 Å². The summed E-state index contributed by atoms with van der Waals surface area (Å²) in [7, 11) is -2.26. The number of sulfonamides is 1. The van der Waals surface area contributed by atoms with E-state index in [-0.39, 0.29) is 10.8 Å². The summed E-state index contributed by atoms with van der Waals surface area (Å²) in [5.74, 6) is -0.475. The van der Waals surface area contributed by atoms with Gasteiger partial charge in [0.2, 0.25) is 0 Å². The maximum absolute atomic E-state index is 12.8. The maximum Gasteiger partial charge on any atom is 0.269 e. The molecule has 1 fully saturated rings. The van der Waals surface area contributed by atoms with E-state index in [1.807, 2.05) is 0 Å². The molecule has 1 unspecified atom stereocenters. The third-order valence-corrected chi connectivity index (χ3v) is 8.27. The lowest BCUT2D eigenvalue weighted by Crippen LogP contribution is -2.51. The van der Waals surface area contributed by atoms with Crippen LogP contribution in [0.2, 0.25) is 0 Å². The summed E-state index contributed by atoms with van der Waals surface area (Å²) in [6, 6.07) is 8.65. The third kappa shape index (κ3) is 4.37. The van der Waals surface area contributed by atoms with E-state index in [2.05, 4.69) is 26.8 Å². The molecular formula is C17H18BrN3O5S2. The van der Waals surface area contributed by atoms with Gasteiger partial charge in [0.05, 0.1) is 10.9 Å². The first-order chi connectivity index (χ1) is 13.3. The second kappa shape index (κ2) is 8.60. The van der Waals surface area contributed by atoms with Crippen molar-refractivity contribution in [1.82, 2.24) is 15.2 Å².